The zero-order valence-electron chi connectivity index (χ0n) is 20.7. The molecule has 5 N–H and O–H groups in total. The first-order chi connectivity index (χ1) is 17.8. The van der Waals surface area contributed by atoms with Crippen molar-refractivity contribution in [1.82, 2.24) is 20.8 Å². The van der Waals surface area contributed by atoms with Gasteiger partial charge in [0, 0.05) is 13.1 Å². The number of aliphatic imine (C=N–C) groups is 1. The molecule has 13 heteroatoms. The van der Waals surface area contributed by atoms with E-state index in [0.29, 0.717) is 43.4 Å². The number of hydroxylamine groups is 1. The van der Waals surface area contributed by atoms with Gasteiger partial charge in [0.1, 0.15) is 23.4 Å². The van der Waals surface area contributed by atoms with Crippen molar-refractivity contribution in [1.29, 1.82) is 5.26 Å². The lowest BCUT2D eigenvalue weighted by atomic mass is 10.1. The largest absolute Gasteiger partial charge is 0.457 e. The molecule has 11 nitrogen and oxygen atoms in total. The van der Waals surface area contributed by atoms with Crippen LogP contribution < -0.4 is 25.6 Å². The number of guanidine groups is 1. The van der Waals surface area contributed by atoms with Gasteiger partial charge >= 0.3 is 0 Å². The van der Waals surface area contributed by atoms with Crippen LogP contribution in [0.4, 0.5) is 4.39 Å². The molecule has 0 saturated carbocycles. The minimum Gasteiger partial charge on any atom is -0.457 e. The molecule has 2 rings (SSSR count). The number of amides is 1. The first-order valence-electron chi connectivity index (χ1n) is 11.6. The van der Waals surface area contributed by atoms with Gasteiger partial charge in [0.15, 0.2) is 6.19 Å². The van der Waals surface area contributed by atoms with Crippen LogP contribution >= 0.6 is 0 Å². The lowest BCUT2D eigenvalue weighted by Gasteiger charge is -2.17. The maximum absolute atomic E-state index is 13.0. The molecule has 0 aromatic heterocycles. The van der Waals surface area contributed by atoms with Crippen molar-refractivity contribution in [2.45, 2.75) is 43.5 Å². The number of nitrogens with zero attached hydrogens (tertiary/aromatic N) is 2. The average Bonchev–Trinajstić information content (AvgIpc) is 2.88. The Morgan fingerprint density at radius 1 is 1.19 bits per heavy atom. The van der Waals surface area contributed by atoms with Crippen molar-refractivity contribution in [2.75, 3.05) is 13.1 Å². The minimum absolute atomic E-state index is 0.107. The molecule has 0 spiro atoms. The number of benzene rings is 2. The minimum atomic E-state index is -4.11. The summed E-state index contributed by atoms with van der Waals surface area (Å²) in [6.45, 7) is 2.94. The number of unbranched alkanes of at least 4 members (excludes halogenated alkanes) is 1. The Hall–Kier alpha value is -3.73. The SMILES string of the molecule is [2H]ONC(=O)[C@H](CCCCNC(=NCCC)NC#N)NS(=O)(=O)c1ccc(Oc2ccc(F)cc2)cc1. The fourth-order valence-electron chi connectivity index (χ4n) is 2.99. The highest BCUT2D eigenvalue weighted by Gasteiger charge is 2.25. The third-order valence-electron chi connectivity index (χ3n) is 4.78. The summed E-state index contributed by atoms with van der Waals surface area (Å²) in [4.78, 5) is 16.4. The number of nitrogens with one attached hydrogen (secondary N) is 4. The van der Waals surface area contributed by atoms with Gasteiger partial charge in [0.05, 0.1) is 4.90 Å². The van der Waals surface area contributed by atoms with Crippen LogP contribution in [0.15, 0.2) is 58.4 Å². The van der Waals surface area contributed by atoms with E-state index in [1.807, 2.05) is 12.4 Å². The predicted molar refractivity (Wildman–Crippen MR) is 130 cm³/mol. The van der Waals surface area contributed by atoms with Crippen molar-refractivity contribution >= 4 is 21.9 Å². The van der Waals surface area contributed by atoms with E-state index < -0.39 is 27.8 Å². The van der Waals surface area contributed by atoms with Crippen LogP contribution in [0, 0.1) is 17.3 Å². The molecule has 0 heterocycles. The smallest absolute Gasteiger partial charge is 0.261 e. The van der Waals surface area contributed by atoms with E-state index >= 15 is 0 Å². The molecular weight excluding hydrogens is 491 g/mol. The zero-order valence-corrected chi connectivity index (χ0v) is 20.5. The molecule has 0 bridgehead atoms. The van der Waals surface area contributed by atoms with E-state index in [4.69, 9.17) is 11.4 Å². The quantitative estimate of drug-likeness (QED) is 0.0481. The van der Waals surface area contributed by atoms with Crippen LogP contribution in [0.2, 0.25) is 1.43 Å². The summed E-state index contributed by atoms with van der Waals surface area (Å²) in [5, 5.41) is 18.1. The monoisotopic (exact) mass is 521 g/mol. The van der Waals surface area contributed by atoms with Gasteiger partial charge in [-0.15, -0.1) is 0 Å². The molecule has 194 valence electrons. The van der Waals surface area contributed by atoms with Crippen LogP contribution in [0.1, 0.15) is 32.6 Å². The molecule has 0 saturated heterocycles. The number of carbonyl (C=O) groups is 1. The molecule has 1 amide bonds. The van der Waals surface area contributed by atoms with Gasteiger partial charge in [-0.2, -0.15) is 9.98 Å². The maximum atomic E-state index is 13.0. The van der Waals surface area contributed by atoms with Crippen LogP contribution in [-0.2, 0) is 14.8 Å². The predicted octanol–water partition coefficient (Wildman–Crippen LogP) is 2.37. The van der Waals surface area contributed by atoms with Gasteiger partial charge in [-0.1, -0.05) is 6.92 Å². The number of hydrogen-bond acceptors (Lipinski definition) is 7. The number of ether oxygens (including phenoxy) is 1. The van der Waals surface area contributed by atoms with E-state index in [1.165, 1.54) is 48.5 Å². The number of sulfonamides is 1. The Balaban J connectivity index is 1.97. The molecule has 0 aliphatic heterocycles. The van der Waals surface area contributed by atoms with Crippen LogP contribution in [0.25, 0.3) is 0 Å². The fraction of sp³-hybridized carbons (Fsp3) is 0.348. The third-order valence-corrected chi connectivity index (χ3v) is 6.27. The van der Waals surface area contributed by atoms with Gasteiger partial charge in [0.25, 0.3) is 5.91 Å². The van der Waals surface area contributed by atoms with E-state index in [0.717, 1.165) is 6.42 Å². The molecule has 0 aliphatic rings. The van der Waals surface area contributed by atoms with Crippen molar-refractivity contribution in [3.05, 3.63) is 54.3 Å². The summed E-state index contributed by atoms with van der Waals surface area (Å²) >= 11 is 0. The van der Waals surface area contributed by atoms with Gasteiger partial charge in [-0.25, -0.2) is 18.3 Å². The Labute approximate surface area is 210 Å². The highest BCUT2D eigenvalue weighted by molar-refractivity contribution is 7.89. The van der Waals surface area contributed by atoms with Crippen molar-refractivity contribution in [3.8, 4) is 17.7 Å². The second-order valence-electron chi connectivity index (χ2n) is 7.56. The van der Waals surface area contributed by atoms with Gasteiger partial charge < -0.3 is 10.1 Å². The second kappa shape index (κ2) is 14.6. The molecule has 1 atom stereocenters. The topological polar surface area (TPSA) is 165 Å². The first-order valence-corrected chi connectivity index (χ1v) is 12.7. The summed E-state index contributed by atoms with van der Waals surface area (Å²) in [6.07, 6.45) is 3.71. The summed E-state index contributed by atoms with van der Waals surface area (Å²) in [5.74, 6) is -0.174. The lowest BCUT2D eigenvalue weighted by Crippen LogP contribution is -2.45. The molecule has 0 unspecified atom stereocenters. The summed E-state index contributed by atoms with van der Waals surface area (Å²) in [7, 11) is -4.11. The Morgan fingerprint density at radius 3 is 2.47 bits per heavy atom. The van der Waals surface area contributed by atoms with E-state index in [1.54, 1.807) is 6.19 Å². The Morgan fingerprint density at radius 2 is 1.86 bits per heavy atom. The highest BCUT2D eigenvalue weighted by Crippen LogP contribution is 2.23. The van der Waals surface area contributed by atoms with Crippen molar-refractivity contribution in [2.24, 2.45) is 4.99 Å². The van der Waals surface area contributed by atoms with Crippen LogP contribution in [0.3, 0.4) is 0 Å². The number of halogens is 1. The third kappa shape index (κ3) is 9.49. The van der Waals surface area contributed by atoms with E-state index in [-0.39, 0.29) is 11.3 Å². The fourth-order valence-corrected chi connectivity index (χ4v) is 4.22. The summed E-state index contributed by atoms with van der Waals surface area (Å²) in [6, 6.07) is 9.62. The van der Waals surface area contributed by atoms with Crippen LogP contribution in [-0.4, -0.2) is 44.6 Å². The van der Waals surface area contributed by atoms with E-state index in [9.17, 15) is 17.6 Å². The molecule has 2 aromatic carbocycles. The standard InChI is InChI=1S/C23H29FN6O5S/c1-2-14-26-23(28-16-25)27-15-4-3-5-21(22(31)29-32)30-36(33,34)20-12-10-19(11-13-20)35-18-8-6-17(24)7-9-18/h6-13,21,30,32H,2-5,14-15H2,1H3,(H,29,31)(H2,26,27,28)/t21-/m0/s1/i/hD. The second-order valence-corrected chi connectivity index (χ2v) is 9.27. The maximum Gasteiger partial charge on any atom is 0.261 e. The van der Waals surface area contributed by atoms with E-state index in [2.05, 4.69) is 25.6 Å². The number of hydrogen-bond donors (Lipinski definition) is 5. The Bertz CT molecular complexity index is 1170. The Kier molecular flexibility index (Phi) is 10.9. The summed E-state index contributed by atoms with van der Waals surface area (Å²) < 4.78 is 53.4. The van der Waals surface area contributed by atoms with Gasteiger partial charge in [-0.3, -0.25) is 20.3 Å². The summed E-state index contributed by atoms with van der Waals surface area (Å²) in [5.41, 5.74) is 1.83. The van der Waals surface area contributed by atoms with Gasteiger partial charge in [-0.05, 0) is 74.2 Å². The lowest BCUT2D eigenvalue weighted by molar-refractivity contribution is -0.131. The molecule has 36 heavy (non-hydrogen) atoms. The molecular formula is C23H29FN6O5S. The normalized spacial score (nSPS) is 12.7. The van der Waals surface area contributed by atoms with Gasteiger partial charge in [0.2, 0.25) is 17.4 Å². The molecule has 0 fully saturated rings. The first kappa shape index (κ1) is 26.9. The zero-order chi connectivity index (χ0) is 27.1. The molecule has 0 aliphatic carbocycles. The average molecular weight is 522 g/mol. The van der Waals surface area contributed by atoms with Crippen molar-refractivity contribution in [3.63, 3.8) is 0 Å². The van der Waals surface area contributed by atoms with Crippen LogP contribution in [0.5, 0.6) is 11.5 Å². The number of nitriles is 1. The number of carbonyl (C=O) groups excluding carboxylic acids is 1. The van der Waals surface area contributed by atoms with Crippen molar-refractivity contribution < 1.29 is 29.0 Å². The molecule has 0 radical (unpaired) electrons. The number of rotatable bonds is 14. The molecule has 2 aromatic rings. The highest BCUT2D eigenvalue weighted by atomic mass is 32.2.